The summed E-state index contributed by atoms with van der Waals surface area (Å²) in [6.07, 6.45) is 3.63. The molecule has 0 unspecified atom stereocenters. The third-order valence-corrected chi connectivity index (χ3v) is 4.18. The second-order valence-corrected chi connectivity index (χ2v) is 6.06. The SMILES string of the molecule is O=C(CN1C(=O)CN(C2CC2)C1=O)NCCCc1ccccc1. The minimum absolute atomic E-state index is 0.116. The standard InChI is InChI=1S/C17H21N3O3/c21-15(18-10-4-7-13-5-2-1-3-6-13)11-20-16(22)12-19(17(20)23)14-8-9-14/h1-3,5-6,14H,4,7-12H2,(H,18,21). The molecule has 23 heavy (non-hydrogen) atoms. The number of amides is 4. The van der Waals surface area contributed by atoms with E-state index in [1.165, 1.54) is 5.56 Å². The van der Waals surface area contributed by atoms with Gasteiger partial charge < -0.3 is 10.2 Å². The second kappa shape index (κ2) is 6.81. The Morgan fingerprint density at radius 2 is 1.91 bits per heavy atom. The number of urea groups is 1. The van der Waals surface area contributed by atoms with Gasteiger partial charge in [0.15, 0.2) is 0 Å². The lowest BCUT2D eigenvalue weighted by Gasteiger charge is -2.16. The van der Waals surface area contributed by atoms with E-state index in [2.05, 4.69) is 17.4 Å². The van der Waals surface area contributed by atoms with Crippen molar-refractivity contribution in [3.8, 4) is 0 Å². The summed E-state index contributed by atoms with van der Waals surface area (Å²) in [6.45, 7) is 0.479. The van der Waals surface area contributed by atoms with E-state index in [0.29, 0.717) is 6.54 Å². The summed E-state index contributed by atoms with van der Waals surface area (Å²) in [5, 5.41) is 2.78. The minimum atomic E-state index is -0.322. The van der Waals surface area contributed by atoms with Crippen molar-refractivity contribution in [1.29, 1.82) is 0 Å². The Kier molecular flexibility index (Phi) is 4.60. The van der Waals surface area contributed by atoms with Gasteiger partial charge >= 0.3 is 6.03 Å². The molecule has 2 fully saturated rings. The van der Waals surface area contributed by atoms with Gasteiger partial charge in [-0.15, -0.1) is 0 Å². The van der Waals surface area contributed by atoms with Gasteiger partial charge in [0.2, 0.25) is 5.91 Å². The molecule has 0 aromatic heterocycles. The number of aryl methyl sites for hydroxylation is 1. The number of rotatable bonds is 7. The Labute approximate surface area is 135 Å². The first-order valence-electron chi connectivity index (χ1n) is 8.07. The van der Waals surface area contributed by atoms with Gasteiger partial charge in [0.05, 0.1) is 0 Å². The Morgan fingerprint density at radius 3 is 2.61 bits per heavy atom. The molecule has 0 atom stereocenters. The molecule has 122 valence electrons. The number of hydrogen-bond donors (Lipinski definition) is 1. The maximum Gasteiger partial charge on any atom is 0.327 e. The van der Waals surface area contributed by atoms with Gasteiger partial charge in [-0.05, 0) is 31.2 Å². The molecule has 1 aromatic rings. The fourth-order valence-corrected chi connectivity index (χ4v) is 2.75. The van der Waals surface area contributed by atoms with Crippen molar-refractivity contribution in [1.82, 2.24) is 15.1 Å². The average molecular weight is 315 g/mol. The Morgan fingerprint density at radius 1 is 1.17 bits per heavy atom. The highest BCUT2D eigenvalue weighted by molar-refractivity contribution is 6.04. The van der Waals surface area contributed by atoms with Crippen LogP contribution in [-0.2, 0) is 16.0 Å². The third kappa shape index (κ3) is 3.88. The predicted molar refractivity (Wildman–Crippen MR) is 84.6 cm³/mol. The number of hydrogen-bond acceptors (Lipinski definition) is 3. The molecule has 2 aliphatic rings. The van der Waals surface area contributed by atoms with Crippen molar-refractivity contribution in [3.05, 3.63) is 35.9 Å². The van der Waals surface area contributed by atoms with Crippen LogP contribution in [0.5, 0.6) is 0 Å². The van der Waals surface area contributed by atoms with Crippen LogP contribution in [0.1, 0.15) is 24.8 Å². The van der Waals surface area contributed by atoms with E-state index in [1.807, 2.05) is 18.2 Å². The van der Waals surface area contributed by atoms with Crippen LogP contribution in [0.25, 0.3) is 0 Å². The van der Waals surface area contributed by atoms with Crippen LogP contribution in [0.3, 0.4) is 0 Å². The molecule has 0 bridgehead atoms. The molecule has 4 amide bonds. The highest BCUT2D eigenvalue weighted by atomic mass is 16.2. The highest BCUT2D eigenvalue weighted by Gasteiger charge is 2.44. The van der Waals surface area contributed by atoms with Gasteiger partial charge in [-0.3, -0.25) is 14.5 Å². The maximum absolute atomic E-state index is 12.1. The fraction of sp³-hybridized carbons (Fsp3) is 0.471. The van der Waals surface area contributed by atoms with E-state index in [1.54, 1.807) is 4.90 Å². The molecule has 1 aromatic carbocycles. The van der Waals surface area contributed by atoms with Crippen molar-refractivity contribution < 1.29 is 14.4 Å². The minimum Gasteiger partial charge on any atom is -0.355 e. The van der Waals surface area contributed by atoms with Gasteiger partial charge in [0.1, 0.15) is 13.1 Å². The van der Waals surface area contributed by atoms with Crippen molar-refractivity contribution in [3.63, 3.8) is 0 Å². The molecule has 1 aliphatic heterocycles. The molecule has 1 saturated carbocycles. The summed E-state index contributed by atoms with van der Waals surface area (Å²) >= 11 is 0. The first-order valence-corrected chi connectivity index (χ1v) is 8.07. The highest BCUT2D eigenvalue weighted by Crippen LogP contribution is 2.30. The van der Waals surface area contributed by atoms with Crippen LogP contribution in [0.4, 0.5) is 4.79 Å². The van der Waals surface area contributed by atoms with Gasteiger partial charge in [-0.25, -0.2) is 4.79 Å². The molecular formula is C17H21N3O3. The maximum atomic E-state index is 12.1. The zero-order valence-electron chi connectivity index (χ0n) is 13.0. The number of carbonyl (C=O) groups is 3. The molecule has 0 radical (unpaired) electrons. The monoisotopic (exact) mass is 315 g/mol. The summed E-state index contributed by atoms with van der Waals surface area (Å²) in [5.74, 6) is -0.557. The van der Waals surface area contributed by atoms with E-state index in [-0.39, 0.29) is 37.0 Å². The third-order valence-electron chi connectivity index (χ3n) is 4.18. The van der Waals surface area contributed by atoms with Crippen LogP contribution < -0.4 is 5.32 Å². The smallest absolute Gasteiger partial charge is 0.327 e. The van der Waals surface area contributed by atoms with Crippen LogP contribution in [0, 0.1) is 0 Å². The lowest BCUT2D eigenvalue weighted by Crippen LogP contribution is -2.42. The molecule has 1 aliphatic carbocycles. The van der Waals surface area contributed by atoms with Crippen LogP contribution in [-0.4, -0.2) is 53.3 Å². The Bertz CT molecular complexity index is 598. The lowest BCUT2D eigenvalue weighted by atomic mass is 10.1. The van der Waals surface area contributed by atoms with E-state index in [4.69, 9.17) is 0 Å². The molecule has 1 heterocycles. The fourth-order valence-electron chi connectivity index (χ4n) is 2.75. The Balaban J connectivity index is 1.39. The van der Waals surface area contributed by atoms with E-state index < -0.39 is 0 Å². The normalized spacial score (nSPS) is 17.7. The van der Waals surface area contributed by atoms with Gasteiger partial charge in [0, 0.05) is 12.6 Å². The molecule has 1 N–H and O–H groups in total. The second-order valence-electron chi connectivity index (χ2n) is 6.06. The van der Waals surface area contributed by atoms with Crippen LogP contribution in [0.2, 0.25) is 0 Å². The van der Waals surface area contributed by atoms with Crippen molar-refractivity contribution in [2.75, 3.05) is 19.6 Å². The molecule has 3 rings (SSSR count). The topological polar surface area (TPSA) is 69.7 Å². The Hall–Kier alpha value is -2.37. The molecule has 6 heteroatoms. The first kappa shape index (κ1) is 15.5. The van der Waals surface area contributed by atoms with Crippen molar-refractivity contribution in [2.24, 2.45) is 0 Å². The van der Waals surface area contributed by atoms with E-state index in [0.717, 1.165) is 30.6 Å². The van der Waals surface area contributed by atoms with Gasteiger partial charge in [-0.2, -0.15) is 0 Å². The summed E-state index contributed by atoms with van der Waals surface area (Å²) in [4.78, 5) is 38.5. The van der Waals surface area contributed by atoms with E-state index in [9.17, 15) is 14.4 Å². The summed E-state index contributed by atoms with van der Waals surface area (Å²) in [6, 6.07) is 9.93. The number of carbonyl (C=O) groups excluding carboxylic acids is 3. The van der Waals surface area contributed by atoms with Crippen molar-refractivity contribution >= 4 is 17.8 Å². The van der Waals surface area contributed by atoms with Gasteiger partial charge in [-0.1, -0.05) is 30.3 Å². The van der Waals surface area contributed by atoms with Crippen LogP contribution in [0.15, 0.2) is 30.3 Å². The number of nitrogens with one attached hydrogen (secondary N) is 1. The number of benzene rings is 1. The lowest BCUT2D eigenvalue weighted by molar-refractivity contribution is -0.130. The summed E-state index contributed by atoms with van der Waals surface area (Å²) in [7, 11) is 0. The molecule has 6 nitrogen and oxygen atoms in total. The largest absolute Gasteiger partial charge is 0.355 e. The summed E-state index contributed by atoms with van der Waals surface area (Å²) < 4.78 is 0. The first-order chi connectivity index (χ1) is 11.1. The quantitative estimate of drug-likeness (QED) is 0.606. The molecule has 1 saturated heterocycles. The molecular weight excluding hydrogens is 294 g/mol. The zero-order valence-corrected chi connectivity index (χ0v) is 13.0. The van der Waals surface area contributed by atoms with E-state index >= 15 is 0 Å². The average Bonchev–Trinajstić information content (AvgIpc) is 3.35. The summed E-state index contributed by atoms with van der Waals surface area (Å²) in [5.41, 5.74) is 1.23. The predicted octanol–water partition coefficient (Wildman–Crippen LogP) is 1.16. The van der Waals surface area contributed by atoms with Crippen LogP contribution >= 0.6 is 0 Å². The van der Waals surface area contributed by atoms with Gasteiger partial charge in [0.25, 0.3) is 5.91 Å². The number of imide groups is 1. The molecule has 0 spiro atoms. The zero-order chi connectivity index (χ0) is 16.2. The number of nitrogens with zero attached hydrogens (tertiary/aromatic N) is 2. The van der Waals surface area contributed by atoms with Crippen molar-refractivity contribution in [2.45, 2.75) is 31.7 Å².